The molecule has 0 unspecified atom stereocenters. The Morgan fingerprint density at radius 2 is 2.00 bits per heavy atom. The first-order valence-corrected chi connectivity index (χ1v) is 12.6. The summed E-state index contributed by atoms with van der Waals surface area (Å²) in [4.78, 5) is 17.4. The molecule has 188 valence electrons. The van der Waals surface area contributed by atoms with Gasteiger partial charge in [0.1, 0.15) is 12.6 Å². The molecule has 6 heteroatoms. The van der Waals surface area contributed by atoms with Crippen LogP contribution in [-0.4, -0.2) is 36.9 Å². The summed E-state index contributed by atoms with van der Waals surface area (Å²) in [6, 6.07) is 10.6. The molecule has 2 aliphatic carbocycles. The fourth-order valence-electron chi connectivity index (χ4n) is 5.49. The van der Waals surface area contributed by atoms with Crippen LogP contribution in [0.5, 0.6) is 0 Å². The standard InChI is InChI=1S/C29H37FN2O3/c1-29(2,3)28(33)32-27-16-21-15-24(35-18-34-4)11-13-25(21)26(27)12-10-23-9-8-20(17-31-23)19-6-5-7-22(30)14-19/h5-10,12,14,17,21,24-27H,11,13,15-16,18H2,1-4H3,(H,32,33)/b12-10+/t21-,24+,25+,26-,27+/m0/s1. The number of halogens is 1. The number of carbonyl (C=O) groups is 1. The molecular formula is C29H37FN2O3. The summed E-state index contributed by atoms with van der Waals surface area (Å²) in [5.41, 5.74) is 2.11. The number of ether oxygens (including phenoxy) is 2. The molecule has 0 bridgehead atoms. The van der Waals surface area contributed by atoms with E-state index >= 15 is 0 Å². The second kappa shape index (κ2) is 11.0. The average Bonchev–Trinajstić information content (AvgIpc) is 3.17. The van der Waals surface area contributed by atoms with Gasteiger partial charge in [-0.25, -0.2) is 4.39 Å². The van der Waals surface area contributed by atoms with Crippen molar-refractivity contribution in [2.75, 3.05) is 13.9 Å². The number of amides is 1. The van der Waals surface area contributed by atoms with Crippen molar-refractivity contribution < 1.29 is 18.7 Å². The number of methoxy groups -OCH3 is 1. The van der Waals surface area contributed by atoms with Gasteiger partial charge in [-0.2, -0.15) is 0 Å². The molecule has 0 aliphatic heterocycles. The zero-order valence-electron chi connectivity index (χ0n) is 21.2. The lowest BCUT2D eigenvalue weighted by atomic mass is 9.76. The number of hydrogen-bond donors (Lipinski definition) is 1. The molecule has 1 heterocycles. The average molecular weight is 481 g/mol. The van der Waals surface area contributed by atoms with Gasteiger partial charge in [-0.05, 0) is 67.4 Å². The van der Waals surface area contributed by atoms with E-state index in [4.69, 9.17) is 9.47 Å². The Morgan fingerprint density at radius 3 is 2.69 bits per heavy atom. The van der Waals surface area contributed by atoms with Crippen LogP contribution in [0.15, 0.2) is 48.7 Å². The zero-order chi connectivity index (χ0) is 25.0. The monoisotopic (exact) mass is 480 g/mol. The highest BCUT2D eigenvalue weighted by atomic mass is 19.1. The maximum atomic E-state index is 13.6. The van der Waals surface area contributed by atoms with Crippen LogP contribution in [0.1, 0.15) is 52.1 Å². The molecule has 2 aromatic rings. The number of nitrogens with one attached hydrogen (secondary N) is 1. The van der Waals surface area contributed by atoms with E-state index in [1.807, 2.05) is 39.0 Å². The summed E-state index contributed by atoms with van der Waals surface area (Å²) in [5.74, 6) is 1.09. The van der Waals surface area contributed by atoms with E-state index in [2.05, 4.69) is 22.5 Å². The van der Waals surface area contributed by atoms with Crippen LogP contribution < -0.4 is 5.32 Å². The number of fused-ring (bicyclic) bond motifs is 1. The molecule has 1 N–H and O–H groups in total. The molecule has 0 spiro atoms. The number of benzene rings is 1. The van der Waals surface area contributed by atoms with E-state index in [1.54, 1.807) is 19.4 Å². The van der Waals surface area contributed by atoms with Gasteiger partial charge in [-0.1, -0.05) is 45.0 Å². The number of hydrogen-bond acceptors (Lipinski definition) is 4. The van der Waals surface area contributed by atoms with Crippen LogP contribution in [0, 0.1) is 29.0 Å². The first-order valence-electron chi connectivity index (χ1n) is 12.6. The second-order valence-electron chi connectivity index (χ2n) is 10.9. The van der Waals surface area contributed by atoms with Crippen molar-refractivity contribution in [3.05, 3.63) is 60.2 Å². The molecule has 5 nitrogen and oxygen atoms in total. The fourth-order valence-corrected chi connectivity index (χ4v) is 5.49. The minimum absolute atomic E-state index is 0.0873. The van der Waals surface area contributed by atoms with Crippen LogP contribution in [0.25, 0.3) is 17.2 Å². The highest BCUT2D eigenvalue weighted by molar-refractivity contribution is 5.81. The molecular weight excluding hydrogens is 443 g/mol. The molecule has 2 aliphatic rings. The van der Waals surface area contributed by atoms with Crippen molar-refractivity contribution in [3.8, 4) is 11.1 Å². The quantitative estimate of drug-likeness (QED) is 0.505. The van der Waals surface area contributed by atoms with Gasteiger partial charge in [0.15, 0.2) is 0 Å². The van der Waals surface area contributed by atoms with E-state index in [-0.39, 0.29) is 29.8 Å². The molecule has 2 fully saturated rings. The lowest BCUT2D eigenvalue weighted by Gasteiger charge is -2.33. The third-order valence-corrected chi connectivity index (χ3v) is 7.36. The molecule has 35 heavy (non-hydrogen) atoms. The van der Waals surface area contributed by atoms with E-state index in [0.29, 0.717) is 18.6 Å². The highest BCUT2D eigenvalue weighted by Gasteiger charge is 2.46. The van der Waals surface area contributed by atoms with Crippen molar-refractivity contribution in [1.82, 2.24) is 10.3 Å². The van der Waals surface area contributed by atoms with Crippen LogP contribution >= 0.6 is 0 Å². The zero-order valence-corrected chi connectivity index (χ0v) is 21.2. The molecule has 2 saturated carbocycles. The smallest absolute Gasteiger partial charge is 0.225 e. The number of pyridine rings is 1. The summed E-state index contributed by atoms with van der Waals surface area (Å²) < 4.78 is 24.5. The third kappa shape index (κ3) is 6.36. The van der Waals surface area contributed by atoms with E-state index in [9.17, 15) is 9.18 Å². The molecule has 0 saturated heterocycles. The lowest BCUT2D eigenvalue weighted by Crippen LogP contribution is -2.43. The first-order chi connectivity index (χ1) is 16.7. The van der Waals surface area contributed by atoms with E-state index in [1.165, 1.54) is 12.1 Å². The number of nitrogens with zero attached hydrogens (tertiary/aromatic N) is 1. The van der Waals surface area contributed by atoms with Crippen molar-refractivity contribution in [2.45, 2.75) is 58.6 Å². The van der Waals surface area contributed by atoms with Gasteiger partial charge in [0.2, 0.25) is 5.91 Å². The molecule has 5 atom stereocenters. The van der Waals surface area contributed by atoms with Crippen LogP contribution in [0.3, 0.4) is 0 Å². The Hall–Kier alpha value is -2.57. The van der Waals surface area contributed by atoms with Gasteiger partial charge < -0.3 is 14.8 Å². The molecule has 1 aromatic carbocycles. The molecule has 1 amide bonds. The van der Waals surface area contributed by atoms with Gasteiger partial charge in [0.05, 0.1) is 11.8 Å². The van der Waals surface area contributed by atoms with Crippen molar-refractivity contribution >= 4 is 12.0 Å². The van der Waals surface area contributed by atoms with Crippen LogP contribution in [0.4, 0.5) is 4.39 Å². The van der Waals surface area contributed by atoms with Gasteiger partial charge in [-0.3, -0.25) is 9.78 Å². The van der Waals surface area contributed by atoms with Crippen molar-refractivity contribution in [1.29, 1.82) is 0 Å². The molecule has 0 radical (unpaired) electrons. The summed E-state index contributed by atoms with van der Waals surface area (Å²) in [7, 11) is 1.65. The maximum absolute atomic E-state index is 13.6. The predicted molar refractivity (Wildman–Crippen MR) is 136 cm³/mol. The van der Waals surface area contributed by atoms with Crippen LogP contribution in [0.2, 0.25) is 0 Å². The maximum Gasteiger partial charge on any atom is 0.225 e. The topological polar surface area (TPSA) is 60.5 Å². The summed E-state index contributed by atoms with van der Waals surface area (Å²) in [6.07, 6.45) is 10.3. The first kappa shape index (κ1) is 25.5. The Balaban J connectivity index is 1.50. The Bertz CT molecular complexity index is 1030. The van der Waals surface area contributed by atoms with E-state index in [0.717, 1.165) is 42.5 Å². The van der Waals surface area contributed by atoms with Crippen molar-refractivity contribution in [3.63, 3.8) is 0 Å². The molecule has 4 rings (SSSR count). The highest BCUT2D eigenvalue weighted by Crippen LogP contribution is 2.47. The predicted octanol–water partition coefficient (Wildman–Crippen LogP) is 5.86. The van der Waals surface area contributed by atoms with Crippen molar-refractivity contribution in [2.24, 2.45) is 23.2 Å². The summed E-state index contributed by atoms with van der Waals surface area (Å²) in [6.45, 7) is 6.18. The largest absolute Gasteiger partial charge is 0.359 e. The van der Waals surface area contributed by atoms with Crippen LogP contribution in [-0.2, 0) is 14.3 Å². The van der Waals surface area contributed by atoms with Gasteiger partial charge in [0.25, 0.3) is 0 Å². The third-order valence-electron chi connectivity index (χ3n) is 7.36. The number of aromatic nitrogens is 1. The SMILES string of the molecule is COCO[C@@H]1CC[C@@H]2[C@@H](C1)C[C@@H](NC(=O)C(C)(C)C)[C@H]2/C=C/c1ccc(-c2cccc(F)c2)cn1. The fraction of sp³-hybridized carbons (Fsp3) is 0.517. The number of rotatable bonds is 7. The Kier molecular flexibility index (Phi) is 8.02. The number of carbonyl (C=O) groups excluding carboxylic acids is 1. The summed E-state index contributed by atoms with van der Waals surface area (Å²) in [5, 5.41) is 3.34. The molecule has 1 aromatic heterocycles. The minimum Gasteiger partial charge on any atom is -0.359 e. The lowest BCUT2D eigenvalue weighted by molar-refractivity contribution is -0.129. The van der Waals surface area contributed by atoms with E-state index < -0.39 is 5.41 Å². The van der Waals surface area contributed by atoms with Gasteiger partial charge in [-0.15, -0.1) is 0 Å². The minimum atomic E-state index is -0.430. The second-order valence-corrected chi connectivity index (χ2v) is 10.9. The Morgan fingerprint density at radius 1 is 1.17 bits per heavy atom. The Labute approximate surface area is 208 Å². The van der Waals surface area contributed by atoms with Gasteiger partial charge >= 0.3 is 0 Å². The van der Waals surface area contributed by atoms with Gasteiger partial charge in [0, 0.05) is 36.2 Å². The normalized spacial score (nSPS) is 26.6. The summed E-state index contributed by atoms with van der Waals surface area (Å²) >= 11 is 0.